The second kappa shape index (κ2) is 4.55. The minimum absolute atomic E-state index is 0.158. The van der Waals surface area contributed by atoms with Crippen LogP contribution in [0, 0.1) is 11.3 Å². The van der Waals surface area contributed by atoms with E-state index in [1.54, 1.807) is 14.1 Å². The quantitative estimate of drug-likeness (QED) is 0.799. The molecule has 0 radical (unpaired) electrons. The molecule has 1 aromatic rings. The molecule has 0 saturated carbocycles. The molecule has 1 aromatic heterocycles. The first kappa shape index (κ1) is 11.9. The number of rotatable bonds is 2. The van der Waals surface area contributed by atoms with Crippen LogP contribution in [-0.2, 0) is 0 Å². The summed E-state index contributed by atoms with van der Waals surface area (Å²) in [5.41, 5.74) is 6.47. The molecular formula is C9H11N3OS2. The summed E-state index contributed by atoms with van der Waals surface area (Å²) in [6.45, 7) is 0. The van der Waals surface area contributed by atoms with Crippen LogP contribution >= 0.6 is 23.1 Å². The Labute approximate surface area is 96.7 Å². The summed E-state index contributed by atoms with van der Waals surface area (Å²) < 4.78 is 0.792. The highest BCUT2D eigenvalue weighted by molar-refractivity contribution is 8.00. The lowest BCUT2D eigenvalue weighted by atomic mass is 10.2. The number of nitriles is 1. The van der Waals surface area contributed by atoms with Crippen molar-refractivity contribution in [3.05, 3.63) is 10.4 Å². The topological polar surface area (TPSA) is 70.1 Å². The third-order valence-corrected chi connectivity index (χ3v) is 4.12. The molecule has 0 bridgehead atoms. The normalized spacial score (nSPS) is 9.73. The predicted molar refractivity (Wildman–Crippen MR) is 63.2 cm³/mol. The van der Waals surface area contributed by atoms with Crippen molar-refractivity contribution in [1.29, 1.82) is 5.26 Å². The fraction of sp³-hybridized carbons (Fsp3) is 0.333. The molecule has 0 aromatic carbocycles. The molecule has 15 heavy (non-hydrogen) atoms. The van der Waals surface area contributed by atoms with Gasteiger partial charge in [0, 0.05) is 14.1 Å². The number of hydrogen-bond acceptors (Lipinski definition) is 5. The van der Waals surface area contributed by atoms with Gasteiger partial charge in [0.15, 0.2) is 0 Å². The number of carbonyl (C=O) groups excluding carboxylic acids is 1. The molecule has 0 aliphatic carbocycles. The van der Waals surface area contributed by atoms with E-state index in [4.69, 9.17) is 11.0 Å². The Kier molecular flexibility index (Phi) is 3.61. The number of nitrogens with zero attached hydrogens (tertiary/aromatic N) is 2. The highest BCUT2D eigenvalue weighted by Gasteiger charge is 2.21. The van der Waals surface area contributed by atoms with Crippen LogP contribution in [0.1, 0.15) is 15.2 Å². The maximum absolute atomic E-state index is 11.7. The average molecular weight is 241 g/mol. The van der Waals surface area contributed by atoms with Crippen LogP contribution in [0.25, 0.3) is 0 Å². The lowest BCUT2D eigenvalue weighted by molar-refractivity contribution is 0.0833. The number of nitrogen functional groups attached to an aromatic ring is 1. The van der Waals surface area contributed by atoms with E-state index in [0.29, 0.717) is 16.1 Å². The van der Waals surface area contributed by atoms with E-state index >= 15 is 0 Å². The van der Waals surface area contributed by atoms with Gasteiger partial charge < -0.3 is 10.6 Å². The zero-order valence-electron chi connectivity index (χ0n) is 8.70. The van der Waals surface area contributed by atoms with Crippen molar-refractivity contribution in [2.75, 3.05) is 26.1 Å². The number of thioether (sulfide) groups is 1. The Hall–Kier alpha value is -1.19. The first-order valence-electron chi connectivity index (χ1n) is 4.11. The number of amides is 1. The van der Waals surface area contributed by atoms with Gasteiger partial charge in [-0.05, 0) is 6.26 Å². The molecule has 1 heterocycles. The summed E-state index contributed by atoms with van der Waals surface area (Å²) in [6, 6.07) is 2.02. The lowest BCUT2D eigenvalue weighted by Crippen LogP contribution is -2.21. The van der Waals surface area contributed by atoms with Crippen molar-refractivity contribution in [2.45, 2.75) is 4.21 Å². The lowest BCUT2D eigenvalue weighted by Gasteiger charge is -2.08. The predicted octanol–water partition coefficient (Wildman–Crippen LogP) is 1.63. The fourth-order valence-electron chi connectivity index (χ4n) is 1.03. The van der Waals surface area contributed by atoms with Crippen molar-refractivity contribution < 1.29 is 4.79 Å². The van der Waals surface area contributed by atoms with Gasteiger partial charge in [-0.3, -0.25) is 4.79 Å². The number of thiophene rings is 1. The fourth-order valence-corrected chi connectivity index (χ4v) is 2.90. The zero-order chi connectivity index (χ0) is 11.6. The summed E-state index contributed by atoms with van der Waals surface area (Å²) >= 11 is 2.70. The van der Waals surface area contributed by atoms with Crippen LogP contribution in [0.15, 0.2) is 4.21 Å². The largest absolute Gasteiger partial charge is 0.396 e. The van der Waals surface area contributed by atoms with E-state index in [1.807, 2.05) is 12.3 Å². The van der Waals surface area contributed by atoms with Gasteiger partial charge >= 0.3 is 0 Å². The average Bonchev–Trinajstić information content (AvgIpc) is 2.53. The molecule has 0 aliphatic heterocycles. The Morgan fingerprint density at radius 1 is 1.60 bits per heavy atom. The maximum atomic E-state index is 11.7. The molecule has 0 spiro atoms. The van der Waals surface area contributed by atoms with Crippen LogP contribution in [-0.4, -0.2) is 31.2 Å². The van der Waals surface area contributed by atoms with Crippen molar-refractivity contribution in [3.8, 4) is 6.07 Å². The highest BCUT2D eigenvalue weighted by atomic mass is 32.2. The standard InChI is InChI=1S/C9H11N3OS2/c1-12(2)8(13)7-6(11)5(4-10)9(14-3)15-7/h11H2,1-3H3. The van der Waals surface area contributed by atoms with E-state index in [1.165, 1.54) is 28.0 Å². The van der Waals surface area contributed by atoms with E-state index in [0.717, 1.165) is 4.21 Å². The van der Waals surface area contributed by atoms with Gasteiger partial charge in [0.05, 0.1) is 9.90 Å². The number of hydrogen-bond donors (Lipinski definition) is 1. The smallest absolute Gasteiger partial charge is 0.265 e. The second-order valence-electron chi connectivity index (χ2n) is 3.02. The third-order valence-electron chi connectivity index (χ3n) is 1.81. The molecule has 2 N–H and O–H groups in total. The number of anilines is 1. The van der Waals surface area contributed by atoms with Gasteiger partial charge in [0.25, 0.3) is 5.91 Å². The molecule has 1 amide bonds. The van der Waals surface area contributed by atoms with Gasteiger partial charge in [-0.25, -0.2) is 0 Å². The first-order valence-corrected chi connectivity index (χ1v) is 6.15. The summed E-state index contributed by atoms with van der Waals surface area (Å²) in [5.74, 6) is -0.158. The van der Waals surface area contributed by atoms with Crippen molar-refractivity contribution in [2.24, 2.45) is 0 Å². The molecule has 0 fully saturated rings. The summed E-state index contributed by atoms with van der Waals surface area (Å²) in [6.07, 6.45) is 1.86. The summed E-state index contributed by atoms with van der Waals surface area (Å²) in [7, 11) is 3.32. The number of nitrogens with two attached hydrogens (primary N) is 1. The molecule has 1 rings (SSSR count). The van der Waals surface area contributed by atoms with Crippen LogP contribution in [0.4, 0.5) is 5.69 Å². The van der Waals surface area contributed by atoms with Crippen LogP contribution in [0.2, 0.25) is 0 Å². The SMILES string of the molecule is CSc1sc(C(=O)N(C)C)c(N)c1C#N. The Morgan fingerprint density at radius 3 is 2.53 bits per heavy atom. The molecule has 0 aliphatic rings. The van der Waals surface area contributed by atoms with E-state index in [2.05, 4.69) is 0 Å². The summed E-state index contributed by atoms with van der Waals surface area (Å²) in [5, 5.41) is 8.90. The van der Waals surface area contributed by atoms with E-state index in [9.17, 15) is 4.79 Å². The van der Waals surface area contributed by atoms with Crippen LogP contribution in [0.5, 0.6) is 0 Å². The van der Waals surface area contributed by atoms with Gasteiger partial charge in [0.2, 0.25) is 0 Å². The molecule has 80 valence electrons. The van der Waals surface area contributed by atoms with Gasteiger partial charge in [-0.1, -0.05) is 0 Å². The van der Waals surface area contributed by atoms with Gasteiger partial charge in [0.1, 0.15) is 16.5 Å². The minimum atomic E-state index is -0.158. The zero-order valence-corrected chi connectivity index (χ0v) is 10.3. The van der Waals surface area contributed by atoms with Crippen LogP contribution in [0.3, 0.4) is 0 Å². The summed E-state index contributed by atoms with van der Waals surface area (Å²) in [4.78, 5) is 13.6. The molecule has 0 saturated heterocycles. The number of carbonyl (C=O) groups is 1. The maximum Gasteiger partial charge on any atom is 0.265 e. The second-order valence-corrected chi connectivity index (χ2v) is 5.12. The van der Waals surface area contributed by atoms with Crippen molar-refractivity contribution in [3.63, 3.8) is 0 Å². The highest BCUT2D eigenvalue weighted by Crippen LogP contribution is 2.36. The van der Waals surface area contributed by atoms with E-state index < -0.39 is 0 Å². The van der Waals surface area contributed by atoms with E-state index in [-0.39, 0.29) is 5.91 Å². The monoisotopic (exact) mass is 241 g/mol. The Balaban J connectivity index is 3.29. The Bertz CT molecular complexity index is 431. The molecule has 0 unspecified atom stereocenters. The first-order chi connectivity index (χ1) is 7.02. The third kappa shape index (κ3) is 2.08. The molecular weight excluding hydrogens is 230 g/mol. The van der Waals surface area contributed by atoms with Crippen molar-refractivity contribution >= 4 is 34.7 Å². The van der Waals surface area contributed by atoms with Crippen molar-refractivity contribution in [1.82, 2.24) is 4.90 Å². The van der Waals surface area contributed by atoms with Gasteiger partial charge in [-0.15, -0.1) is 23.1 Å². The van der Waals surface area contributed by atoms with Crippen LogP contribution < -0.4 is 5.73 Å². The molecule has 4 nitrogen and oxygen atoms in total. The Morgan fingerprint density at radius 2 is 2.20 bits per heavy atom. The van der Waals surface area contributed by atoms with Gasteiger partial charge in [-0.2, -0.15) is 5.26 Å². The molecule has 6 heteroatoms. The molecule has 0 atom stereocenters. The minimum Gasteiger partial charge on any atom is -0.396 e.